The summed E-state index contributed by atoms with van der Waals surface area (Å²) in [5.41, 5.74) is 0.941. The number of nitrogens with zero attached hydrogens (tertiary/aromatic N) is 3. The number of sulfonamides is 1. The summed E-state index contributed by atoms with van der Waals surface area (Å²) in [4.78, 5) is 8.87. The molecule has 3 rings (SSSR count). The van der Waals surface area contributed by atoms with Crippen LogP contribution in [-0.2, 0) is 16.4 Å². The second-order valence-corrected chi connectivity index (χ2v) is 8.15. The maximum absolute atomic E-state index is 12.4. The molecule has 3 heterocycles. The molecule has 0 amide bonds. The minimum Gasteiger partial charge on any atom is -0.279 e. The van der Waals surface area contributed by atoms with E-state index < -0.39 is 10.0 Å². The molecule has 0 radical (unpaired) electrons. The minimum absolute atomic E-state index is 0.0144. The smallest absolute Gasteiger partial charge is 0.259 e. The average Bonchev–Trinajstić information content (AvgIpc) is 3.04. The van der Waals surface area contributed by atoms with Crippen molar-refractivity contribution in [3.63, 3.8) is 0 Å². The monoisotopic (exact) mass is 362 g/mol. The van der Waals surface area contributed by atoms with E-state index in [9.17, 15) is 8.42 Å². The zero-order chi connectivity index (χ0) is 15.0. The first-order valence-corrected chi connectivity index (χ1v) is 9.61. The van der Waals surface area contributed by atoms with Gasteiger partial charge in [0.1, 0.15) is 0 Å². The molecule has 0 saturated heterocycles. The Labute approximate surface area is 134 Å². The fourth-order valence-corrected chi connectivity index (χ4v) is 5.11. The molecule has 10 heteroatoms. The summed E-state index contributed by atoms with van der Waals surface area (Å²) >= 11 is 8.78. The zero-order valence-corrected chi connectivity index (χ0v) is 14.1. The van der Waals surface area contributed by atoms with Crippen molar-refractivity contribution in [3.8, 4) is 0 Å². The summed E-state index contributed by atoms with van der Waals surface area (Å²) in [6, 6.07) is 0. The molecule has 0 aromatic carbocycles. The van der Waals surface area contributed by atoms with Gasteiger partial charge < -0.3 is 0 Å². The molecule has 21 heavy (non-hydrogen) atoms. The van der Waals surface area contributed by atoms with Crippen molar-refractivity contribution in [3.05, 3.63) is 32.8 Å². The molecule has 0 aliphatic heterocycles. The molecular weight excluding hydrogens is 352 g/mol. The minimum atomic E-state index is -3.71. The van der Waals surface area contributed by atoms with E-state index in [2.05, 4.69) is 14.7 Å². The number of aromatic nitrogens is 3. The van der Waals surface area contributed by atoms with Crippen molar-refractivity contribution in [2.75, 3.05) is 6.54 Å². The fraction of sp³-hybridized carbons (Fsp3) is 0.273. The normalized spacial score (nSPS) is 12.3. The van der Waals surface area contributed by atoms with Gasteiger partial charge >= 0.3 is 0 Å². The summed E-state index contributed by atoms with van der Waals surface area (Å²) in [7, 11) is -3.71. The van der Waals surface area contributed by atoms with Crippen LogP contribution in [0.5, 0.6) is 0 Å². The van der Waals surface area contributed by atoms with Crippen LogP contribution >= 0.6 is 34.3 Å². The van der Waals surface area contributed by atoms with Crippen molar-refractivity contribution in [2.24, 2.45) is 0 Å². The highest BCUT2D eigenvalue weighted by molar-refractivity contribution is 7.89. The van der Waals surface area contributed by atoms with Gasteiger partial charge in [0.05, 0.1) is 5.01 Å². The Morgan fingerprint density at radius 2 is 2.19 bits per heavy atom. The van der Waals surface area contributed by atoms with Gasteiger partial charge in [-0.15, -0.1) is 22.7 Å². The van der Waals surface area contributed by atoms with Gasteiger partial charge in [0.25, 0.3) is 10.0 Å². The molecular formula is C11H11ClN4O2S3. The molecule has 6 nitrogen and oxygen atoms in total. The van der Waals surface area contributed by atoms with E-state index in [0.717, 1.165) is 10.7 Å². The third-order valence-electron chi connectivity index (χ3n) is 2.73. The number of hydrogen-bond acceptors (Lipinski definition) is 6. The zero-order valence-electron chi connectivity index (χ0n) is 10.9. The number of fused-ring (bicyclic) bond motifs is 1. The van der Waals surface area contributed by atoms with E-state index in [1.54, 1.807) is 11.6 Å². The molecule has 0 saturated carbocycles. The Morgan fingerprint density at radius 3 is 2.90 bits per heavy atom. The number of halogens is 1. The number of rotatable bonds is 5. The van der Waals surface area contributed by atoms with Crippen LogP contribution in [0.4, 0.5) is 0 Å². The largest absolute Gasteiger partial charge is 0.279 e. The van der Waals surface area contributed by atoms with Gasteiger partial charge in [0.15, 0.2) is 15.1 Å². The number of nitrogens with one attached hydrogen (secondary N) is 1. The summed E-state index contributed by atoms with van der Waals surface area (Å²) in [6.07, 6.45) is 2.18. The molecule has 3 aromatic rings. The number of imidazole rings is 1. The molecule has 0 bridgehead atoms. The van der Waals surface area contributed by atoms with E-state index in [1.165, 1.54) is 27.1 Å². The highest BCUT2D eigenvalue weighted by Gasteiger charge is 2.24. The van der Waals surface area contributed by atoms with Crippen LogP contribution in [0, 0.1) is 6.92 Å². The number of hydrogen-bond donors (Lipinski definition) is 1. The van der Waals surface area contributed by atoms with Crippen molar-refractivity contribution in [2.45, 2.75) is 18.4 Å². The van der Waals surface area contributed by atoms with Gasteiger partial charge in [-0.25, -0.2) is 23.1 Å². The lowest BCUT2D eigenvalue weighted by atomic mass is 10.4. The Morgan fingerprint density at radius 1 is 1.38 bits per heavy atom. The summed E-state index contributed by atoms with van der Waals surface area (Å²) in [6.45, 7) is 2.17. The van der Waals surface area contributed by atoms with Crippen LogP contribution in [0.15, 0.2) is 22.0 Å². The second kappa shape index (κ2) is 5.65. The van der Waals surface area contributed by atoms with Crippen LogP contribution in [-0.4, -0.2) is 29.3 Å². The number of aryl methyl sites for hydroxylation is 1. The Kier molecular flexibility index (Phi) is 4.02. The average molecular weight is 363 g/mol. The Balaban J connectivity index is 1.77. The second-order valence-electron chi connectivity index (χ2n) is 4.29. The lowest BCUT2D eigenvalue weighted by molar-refractivity contribution is 0.577. The van der Waals surface area contributed by atoms with Crippen molar-refractivity contribution in [1.29, 1.82) is 0 Å². The van der Waals surface area contributed by atoms with Crippen molar-refractivity contribution < 1.29 is 8.42 Å². The molecule has 3 aromatic heterocycles. The van der Waals surface area contributed by atoms with Gasteiger partial charge in [-0.3, -0.25) is 4.40 Å². The van der Waals surface area contributed by atoms with E-state index in [-0.39, 0.29) is 16.7 Å². The quantitative estimate of drug-likeness (QED) is 0.755. The number of thiazole rings is 2. The van der Waals surface area contributed by atoms with Crippen LogP contribution in [0.2, 0.25) is 5.15 Å². The van der Waals surface area contributed by atoms with Crippen LogP contribution in [0.25, 0.3) is 4.96 Å². The van der Waals surface area contributed by atoms with Crippen LogP contribution in [0.3, 0.4) is 0 Å². The predicted octanol–water partition coefficient (Wildman–Crippen LogP) is 2.34. The Hall–Kier alpha value is -1.00. The van der Waals surface area contributed by atoms with Gasteiger partial charge in [-0.05, 0) is 6.92 Å². The lowest BCUT2D eigenvalue weighted by Gasteiger charge is -2.05. The summed E-state index contributed by atoms with van der Waals surface area (Å²) < 4.78 is 28.7. The van der Waals surface area contributed by atoms with E-state index in [4.69, 9.17) is 11.6 Å². The molecule has 112 valence electrons. The van der Waals surface area contributed by atoms with Gasteiger partial charge in [0, 0.05) is 35.6 Å². The van der Waals surface area contributed by atoms with Crippen molar-refractivity contribution >= 4 is 49.3 Å². The predicted molar refractivity (Wildman–Crippen MR) is 83.8 cm³/mol. The molecule has 0 fully saturated rings. The molecule has 0 unspecified atom stereocenters. The van der Waals surface area contributed by atoms with E-state index in [1.807, 2.05) is 12.3 Å². The first kappa shape index (κ1) is 14.9. The maximum atomic E-state index is 12.4. The highest BCUT2D eigenvalue weighted by Crippen LogP contribution is 2.25. The first-order chi connectivity index (χ1) is 9.97. The summed E-state index contributed by atoms with van der Waals surface area (Å²) in [5.74, 6) is 0. The molecule has 0 aliphatic carbocycles. The first-order valence-electron chi connectivity index (χ1n) is 5.99. The topological polar surface area (TPSA) is 76.4 Å². The SMILES string of the molecule is Cc1csc(CCNS(=O)(=O)c2c(Cl)nc3sccn23)n1. The third kappa shape index (κ3) is 2.97. The van der Waals surface area contributed by atoms with Crippen LogP contribution in [0.1, 0.15) is 10.7 Å². The maximum Gasteiger partial charge on any atom is 0.259 e. The van der Waals surface area contributed by atoms with E-state index in [0.29, 0.717) is 11.4 Å². The van der Waals surface area contributed by atoms with Crippen molar-refractivity contribution in [1.82, 2.24) is 19.1 Å². The molecule has 1 N–H and O–H groups in total. The Bertz CT molecular complexity index is 880. The van der Waals surface area contributed by atoms with Gasteiger partial charge in [0.2, 0.25) is 0 Å². The third-order valence-corrected chi connectivity index (χ3v) is 6.37. The highest BCUT2D eigenvalue weighted by atomic mass is 35.5. The lowest BCUT2D eigenvalue weighted by Crippen LogP contribution is -2.27. The van der Waals surface area contributed by atoms with Crippen LogP contribution < -0.4 is 4.72 Å². The fourth-order valence-electron chi connectivity index (χ4n) is 1.86. The molecule has 0 spiro atoms. The standard InChI is InChI=1S/C11H11ClN4O2S3/c1-7-6-20-8(14-7)2-3-13-21(17,18)10-9(12)15-11-16(10)4-5-19-11/h4-6,13H,2-3H2,1H3. The molecule has 0 aliphatic rings. The van der Waals surface area contributed by atoms with E-state index >= 15 is 0 Å². The van der Waals surface area contributed by atoms with Gasteiger partial charge in [-0.1, -0.05) is 11.6 Å². The molecule has 0 atom stereocenters. The van der Waals surface area contributed by atoms with Gasteiger partial charge in [-0.2, -0.15) is 0 Å². The summed E-state index contributed by atoms with van der Waals surface area (Å²) in [5, 5.41) is 4.56.